The molecule has 1 aliphatic carbocycles. The van der Waals surface area contributed by atoms with E-state index in [2.05, 4.69) is 0 Å². The smallest absolute Gasteiger partial charge is 0.163 e. The molecule has 2 aromatic carbocycles. The van der Waals surface area contributed by atoms with Gasteiger partial charge in [0.1, 0.15) is 5.75 Å². The highest BCUT2D eigenvalue weighted by molar-refractivity contribution is 6.06. The molecule has 2 heteroatoms. The van der Waals surface area contributed by atoms with E-state index >= 15 is 0 Å². The Morgan fingerprint density at radius 2 is 1.67 bits per heavy atom. The minimum Gasteiger partial charge on any atom is -0.507 e. The summed E-state index contributed by atoms with van der Waals surface area (Å²) in [5, 5.41) is 12.3. The zero-order chi connectivity index (χ0) is 12.7. The summed E-state index contributed by atoms with van der Waals surface area (Å²) in [6.45, 7) is 1.54. The number of ketones is 1. The Morgan fingerprint density at radius 1 is 1.06 bits per heavy atom. The van der Waals surface area contributed by atoms with Gasteiger partial charge in [-0.3, -0.25) is 4.79 Å². The van der Waals surface area contributed by atoms with Gasteiger partial charge < -0.3 is 5.11 Å². The van der Waals surface area contributed by atoms with Crippen LogP contribution in [0, 0.1) is 0 Å². The van der Waals surface area contributed by atoms with Crippen molar-refractivity contribution in [3.8, 4) is 5.75 Å². The molecule has 0 aliphatic heterocycles. The van der Waals surface area contributed by atoms with Crippen molar-refractivity contribution in [2.24, 2.45) is 0 Å². The fraction of sp³-hybridized carbons (Fsp3) is 0.312. The van der Waals surface area contributed by atoms with Gasteiger partial charge in [-0.25, -0.2) is 0 Å². The molecule has 0 amide bonds. The van der Waals surface area contributed by atoms with Crippen molar-refractivity contribution in [2.45, 2.75) is 32.6 Å². The third kappa shape index (κ3) is 1.52. The number of benzene rings is 2. The molecule has 1 N–H and O–H groups in total. The summed E-state index contributed by atoms with van der Waals surface area (Å²) < 4.78 is 0. The number of phenolic OH excluding ortho intramolecular Hbond substituents is 1. The van der Waals surface area contributed by atoms with E-state index < -0.39 is 0 Å². The van der Waals surface area contributed by atoms with Gasteiger partial charge >= 0.3 is 0 Å². The van der Waals surface area contributed by atoms with E-state index in [9.17, 15) is 9.90 Å². The molecule has 2 aromatic rings. The maximum absolute atomic E-state index is 11.8. The first-order chi connectivity index (χ1) is 8.70. The Balaban J connectivity index is 2.47. The lowest BCUT2D eigenvalue weighted by Gasteiger charge is -2.22. The van der Waals surface area contributed by atoms with Gasteiger partial charge in [0.2, 0.25) is 0 Å². The number of rotatable bonds is 1. The van der Waals surface area contributed by atoms with E-state index in [1.165, 1.54) is 12.0 Å². The fourth-order valence-electron chi connectivity index (χ4n) is 3.09. The predicted octanol–water partition coefficient (Wildman–Crippen LogP) is 3.63. The number of aromatic hydroxyl groups is 1. The number of hydrogen-bond donors (Lipinski definition) is 1. The number of Topliss-reactive ketones (excluding diaryl/α,β-unsaturated/α-hetero) is 1. The van der Waals surface area contributed by atoms with Crippen molar-refractivity contribution < 1.29 is 9.90 Å². The van der Waals surface area contributed by atoms with Crippen LogP contribution < -0.4 is 0 Å². The molecular formula is C16H16O2. The molecule has 0 saturated heterocycles. The Labute approximate surface area is 106 Å². The minimum absolute atomic E-state index is 0.0311. The van der Waals surface area contributed by atoms with Gasteiger partial charge in [0.05, 0.1) is 5.56 Å². The van der Waals surface area contributed by atoms with Gasteiger partial charge in [0.15, 0.2) is 5.78 Å². The molecule has 0 atom stereocenters. The van der Waals surface area contributed by atoms with Crippen LogP contribution in [0.15, 0.2) is 24.3 Å². The van der Waals surface area contributed by atoms with Crippen LogP contribution >= 0.6 is 0 Å². The number of fused-ring (bicyclic) bond motifs is 3. The Kier molecular flexibility index (Phi) is 2.58. The molecule has 0 unspecified atom stereocenters. The van der Waals surface area contributed by atoms with Gasteiger partial charge in [-0.2, -0.15) is 0 Å². The van der Waals surface area contributed by atoms with Crippen LogP contribution in [-0.2, 0) is 12.8 Å². The highest BCUT2D eigenvalue weighted by Crippen LogP contribution is 2.39. The summed E-state index contributed by atoms with van der Waals surface area (Å²) in [4.78, 5) is 11.8. The third-order valence-electron chi connectivity index (χ3n) is 3.87. The summed E-state index contributed by atoms with van der Waals surface area (Å²) in [5.41, 5.74) is 2.88. The standard InChI is InChI=1S/C16H16O2/c1-10(17)15-13-8-4-2-6-11(13)12-7-3-5-9-14(12)16(15)18/h3,5,7,9,18H,2,4,6,8H2,1H3. The first-order valence-corrected chi connectivity index (χ1v) is 6.46. The summed E-state index contributed by atoms with van der Waals surface area (Å²) in [5.74, 6) is 0.134. The molecule has 18 heavy (non-hydrogen) atoms. The number of hydrogen-bond acceptors (Lipinski definition) is 2. The number of aryl methyl sites for hydroxylation is 1. The molecule has 0 heterocycles. The predicted molar refractivity (Wildman–Crippen MR) is 72.3 cm³/mol. The maximum Gasteiger partial charge on any atom is 0.163 e. The highest BCUT2D eigenvalue weighted by atomic mass is 16.3. The second kappa shape index (κ2) is 4.13. The molecule has 0 aromatic heterocycles. The minimum atomic E-state index is -0.0311. The van der Waals surface area contributed by atoms with Crippen LogP contribution in [0.3, 0.4) is 0 Å². The summed E-state index contributed by atoms with van der Waals surface area (Å²) in [6.07, 6.45) is 4.18. The van der Waals surface area contributed by atoms with E-state index in [0.717, 1.165) is 35.6 Å². The van der Waals surface area contributed by atoms with E-state index in [0.29, 0.717) is 5.56 Å². The molecule has 0 radical (unpaired) electrons. The van der Waals surface area contributed by atoms with Gasteiger partial charge in [-0.15, -0.1) is 0 Å². The van der Waals surface area contributed by atoms with Crippen LogP contribution in [-0.4, -0.2) is 10.9 Å². The van der Waals surface area contributed by atoms with Crippen LogP contribution in [0.1, 0.15) is 41.3 Å². The van der Waals surface area contributed by atoms with Crippen molar-refractivity contribution in [3.63, 3.8) is 0 Å². The van der Waals surface area contributed by atoms with Crippen molar-refractivity contribution >= 4 is 16.6 Å². The van der Waals surface area contributed by atoms with Crippen LogP contribution in [0.2, 0.25) is 0 Å². The first-order valence-electron chi connectivity index (χ1n) is 6.46. The SMILES string of the molecule is CC(=O)c1c2c(c3ccccc3c1O)CCCC2. The molecular weight excluding hydrogens is 224 g/mol. The molecule has 0 spiro atoms. The monoisotopic (exact) mass is 240 g/mol. The van der Waals surface area contributed by atoms with Crippen LogP contribution in [0.25, 0.3) is 10.8 Å². The van der Waals surface area contributed by atoms with Crippen LogP contribution in [0.5, 0.6) is 5.75 Å². The van der Waals surface area contributed by atoms with E-state index in [1.807, 2.05) is 24.3 Å². The number of phenols is 1. The quantitative estimate of drug-likeness (QED) is 0.773. The molecule has 3 rings (SSSR count). The first kappa shape index (κ1) is 11.3. The molecule has 92 valence electrons. The Hall–Kier alpha value is -1.83. The topological polar surface area (TPSA) is 37.3 Å². The zero-order valence-corrected chi connectivity index (χ0v) is 10.5. The summed E-state index contributed by atoms with van der Waals surface area (Å²) in [6, 6.07) is 7.83. The molecule has 1 aliphatic rings. The van der Waals surface area contributed by atoms with Gasteiger partial charge in [0, 0.05) is 5.39 Å². The van der Waals surface area contributed by atoms with Crippen molar-refractivity contribution in [3.05, 3.63) is 41.0 Å². The third-order valence-corrected chi connectivity index (χ3v) is 3.87. The lowest BCUT2D eigenvalue weighted by molar-refractivity contribution is 0.101. The maximum atomic E-state index is 11.8. The van der Waals surface area contributed by atoms with Gasteiger partial charge in [-0.1, -0.05) is 24.3 Å². The summed E-state index contributed by atoms with van der Waals surface area (Å²) >= 11 is 0. The van der Waals surface area contributed by atoms with Crippen molar-refractivity contribution in [1.82, 2.24) is 0 Å². The molecule has 0 fully saturated rings. The fourth-order valence-corrected chi connectivity index (χ4v) is 3.09. The second-order valence-electron chi connectivity index (χ2n) is 4.99. The molecule has 2 nitrogen and oxygen atoms in total. The van der Waals surface area contributed by atoms with E-state index in [1.54, 1.807) is 6.92 Å². The van der Waals surface area contributed by atoms with Gasteiger partial charge in [0.25, 0.3) is 0 Å². The molecule has 0 saturated carbocycles. The van der Waals surface area contributed by atoms with Crippen LogP contribution in [0.4, 0.5) is 0 Å². The largest absolute Gasteiger partial charge is 0.507 e. The number of carbonyl (C=O) groups excluding carboxylic acids is 1. The Morgan fingerprint density at radius 3 is 2.33 bits per heavy atom. The Bertz CT molecular complexity index is 641. The summed E-state index contributed by atoms with van der Waals surface area (Å²) in [7, 11) is 0. The second-order valence-corrected chi connectivity index (χ2v) is 4.99. The lowest BCUT2D eigenvalue weighted by atomic mass is 9.83. The highest BCUT2D eigenvalue weighted by Gasteiger charge is 2.23. The molecule has 0 bridgehead atoms. The normalized spacial score (nSPS) is 14.5. The van der Waals surface area contributed by atoms with Crippen molar-refractivity contribution in [1.29, 1.82) is 0 Å². The average Bonchev–Trinajstić information content (AvgIpc) is 2.39. The number of carbonyl (C=O) groups is 1. The van der Waals surface area contributed by atoms with E-state index in [-0.39, 0.29) is 11.5 Å². The van der Waals surface area contributed by atoms with E-state index in [4.69, 9.17) is 0 Å². The average molecular weight is 240 g/mol. The zero-order valence-electron chi connectivity index (χ0n) is 10.5. The van der Waals surface area contributed by atoms with Crippen molar-refractivity contribution in [2.75, 3.05) is 0 Å². The van der Waals surface area contributed by atoms with Gasteiger partial charge in [-0.05, 0) is 49.1 Å². The lowest BCUT2D eigenvalue weighted by Crippen LogP contribution is -2.10.